The average Bonchev–Trinajstić information content (AvgIpc) is 3.10. The van der Waals surface area contributed by atoms with Crippen LogP contribution in [0.3, 0.4) is 0 Å². The first-order valence-corrected chi connectivity index (χ1v) is 7.43. The molecule has 1 fully saturated rings. The molecule has 0 N–H and O–H groups in total. The minimum absolute atomic E-state index is 0.100. The molecule has 104 valence electrons. The van der Waals surface area contributed by atoms with E-state index < -0.39 is 0 Å². The molecule has 0 radical (unpaired) electrons. The molecular formula is C14H15N3O2S. The van der Waals surface area contributed by atoms with E-state index in [2.05, 4.69) is 11.2 Å². The lowest BCUT2D eigenvalue weighted by Crippen LogP contribution is -2.32. The molecule has 2 aromatic heterocycles. The molecule has 2 aromatic rings. The molecule has 1 atom stereocenters. The molecule has 1 aliphatic heterocycles. The van der Waals surface area contributed by atoms with Crippen LogP contribution in [0.25, 0.3) is 0 Å². The second-order valence-corrected chi connectivity index (χ2v) is 5.83. The lowest BCUT2D eigenvalue weighted by atomic mass is 10.2. The molecule has 0 spiro atoms. The number of likely N-dealkylation sites (tertiary alicyclic amines) is 1. The average molecular weight is 289 g/mol. The van der Waals surface area contributed by atoms with Crippen molar-refractivity contribution in [3.8, 4) is 0 Å². The molecule has 1 aliphatic rings. The first kappa shape index (κ1) is 13.1. The third-order valence-electron chi connectivity index (χ3n) is 3.56. The van der Waals surface area contributed by atoms with Gasteiger partial charge in [-0.2, -0.15) is 5.10 Å². The predicted octanol–water partition coefficient (Wildman–Crippen LogP) is 1.82. The molecule has 5 nitrogen and oxygen atoms in total. The van der Waals surface area contributed by atoms with Crippen LogP contribution in [0.5, 0.6) is 0 Å². The van der Waals surface area contributed by atoms with E-state index in [1.165, 1.54) is 21.7 Å². The summed E-state index contributed by atoms with van der Waals surface area (Å²) in [6.07, 6.45) is 1.98. The van der Waals surface area contributed by atoms with Gasteiger partial charge in [-0.25, -0.2) is 4.68 Å². The Bertz CT molecular complexity index is 678. The monoisotopic (exact) mass is 289 g/mol. The van der Waals surface area contributed by atoms with Crippen LogP contribution in [0.15, 0.2) is 34.4 Å². The highest BCUT2D eigenvalue weighted by molar-refractivity contribution is 7.10. The van der Waals surface area contributed by atoms with E-state index in [0.717, 1.165) is 19.4 Å². The Kier molecular flexibility index (Phi) is 3.40. The van der Waals surface area contributed by atoms with Crippen molar-refractivity contribution in [3.63, 3.8) is 0 Å². The van der Waals surface area contributed by atoms with Gasteiger partial charge in [0, 0.05) is 24.5 Å². The topological polar surface area (TPSA) is 55.2 Å². The Morgan fingerprint density at radius 3 is 2.95 bits per heavy atom. The van der Waals surface area contributed by atoms with Crippen LogP contribution in [-0.2, 0) is 7.05 Å². The van der Waals surface area contributed by atoms with E-state index in [-0.39, 0.29) is 17.5 Å². The van der Waals surface area contributed by atoms with Crippen LogP contribution in [-0.4, -0.2) is 27.1 Å². The summed E-state index contributed by atoms with van der Waals surface area (Å²) >= 11 is 1.67. The van der Waals surface area contributed by atoms with Gasteiger partial charge >= 0.3 is 0 Å². The summed E-state index contributed by atoms with van der Waals surface area (Å²) in [5.41, 5.74) is 0.119. The molecule has 0 aliphatic carbocycles. The second-order valence-electron chi connectivity index (χ2n) is 4.85. The zero-order valence-electron chi connectivity index (χ0n) is 11.2. The highest BCUT2D eigenvalue weighted by Gasteiger charge is 2.31. The molecular weight excluding hydrogens is 274 g/mol. The highest BCUT2D eigenvalue weighted by atomic mass is 32.1. The Morgan fingerprint density at radius 2 is 2.25 bits per heavy atom. The number of hydrogen-bond donors (Lipinski definition) is 0. The number of carbonyl (C=O) groups excluding carboxylic acids is 1. The second kappa shape index (κ2) is 5.20. The molecule has 1 unspecified atom stereocenters. The highest BCUT2D eigenvalue weighted by Crippen LogP contribution is 2.35. The third kappa shape index (κ3) is 2.27. The molecule has 3 rings (SSSR count). The molecule has 0 saturated carbocycles. The van der Waals surface area contributed by atoms with Crippen LogP contribution in [0, 0.1) is 0 Å². The lowest BCUT2D eigenvalue weighted by molar-refractivity contribution is 0.0729. The first-order chi connectivity index (χ1) is 9.66. The summed E-state index contributed by atoms with van der Waals surface area (Å²) < 4.78 is 1.20. The van der Waals surface area contributed by atoms with Gasteiger partial charge in [-0.3, -0.25) is 9.59 Å². The van der Waals surface area contributed by atoms with Gasteiger partial charge in [0.15, 0.2) is 0 Å². The summed E-state index contributed by atoms with van der Waals surface area (Å²) in [4.78, 5) is 27.0. The number of hydrogen-bond acceptors (Lipinski definition) is 4. The zero-order chi connectivity index (χ0) is 14.1. The number of aryl methyl sites for hydroxylation is 1. The van der Waals surface area contributed by atoms with E-state index in [4.69, 9.17) is 0 Å². The van der Waals surface area contributed by atoms with Crippen LogP contribution < -0.4 is 5.56 Å². The van der Waals surface area contributed by atoms with Gasteiger partial charge in [0.25, 0.3) is 11.5 Å². The van der Waals surface area contributed by atoms with Crippen molar-refractivity contribution in [1.82, 2.24) is 14.7 Å². The fourth-order valence-corrected chi connectivity index (χ4v) is 3.42. The maximum absolute atomic E-state index is 12.6. The van der Waals surface area contributed by atoms with Crippen molar-refractivity contribution in [2.24, 2.45) is 7.05 Å². The quantitative estimate of drug-likeness (QED) is 0.847. The van der Waals surface area contributed by atoms with E-state index in [1.807, 2.05) is 16.3 Å². The van der Waals surface area contributed by atoms with Crippen molar-refractivity contribution < 1.29 is 4.79 Å². The lowest BCUT2D eigenvalue weighted by Gasteiger charge is -2.23. The van der Waals surface area contributed by atoms with Crippen molar-refractivity contribution in [2.75, 3.05) is 6.54 Å². The Morgan fingerprint density at radius 1 is 1.40 bits per heavy atom. The van der Waals surface area contributed by atoms with Crippen molar-refractivity contribution in [2.45, 2.75) is 18.9 Å². The van der Waals surface area contributed by atoms with Gasteiger partial charge in [0.1, 0.15) is 5.69 Å². The smallest absolute Gasteiger partial charge is 0.274 e. The SMILES string of the molecule is Cn1nc(C(=O)N2CCCC2c2cccs2)ccc1=O. The number of aromatic nitrogens is 2. The fourth-order valence-electron chi connectivity index (χ4n) is 2.55. The first-order valence-electron chi connectivity index (χ1n) is 6.55. The number of amides is 1. The minimum atomic E-state index is -0.210. The summed E-state index contributed by atoms with van der Waals surface area (Å²) in [7, 11) is 1.56. The van der Waals surface area contributed by atoms with E-state index >= 15 is 0 Å². The zero-order valence-corrected chi connectivity index (χ0v) is 12.0. The van der Waals surface area contributed by atoms with Gasteiger partial charge in [0.05, 0.1) is 6.04 Å². The number of rotatable bonds is 2. The summed E-state index contributed by atoms with van der Waals surface area (Å²) in [6.45, 7) is 0.742. The van der Waals surface area contributed by atoms with Crippen molar-refractivity contribution >= 4 is 17.2 Å². The maximum Gasteiger partial charge on any atom is 0.274 e. The molecule has 3 heterocycles. The van der Waals surface area contributed by atoms with Crippen LogP contribution in [0.4, 0.5) is 0 Å². The Hall–Kier alpha value is -1.95. The number of nitrogens with zero attached hydrogens (tertiary/aromatic N) is 3. The van der Waals surface area contributed by atoms with Crippen molar-refractivity contribution in [1.29, 1.82) is 0 Å². The van der Waals surface area contributed by atoms with Crippen LogP contribution in [0.2, 0.25) is 0 Å². The normalized spacial score (nSPS) is 18.4. The van der Waals surface area contributed by atoms with Crippen LogP contribution in [0.1, 0.15) is 34.2 Å². The van der Waals surface area contributed by atoms with Crippen molar-refractivity contribution in [3.05, 3.63) is 50.6 Å². The molecule has 0 bridgehead atoms. The van der Waals surface area contributed by atoms with E-state index in [9.17, 15) is 9.59 Å². The molecule has 1 amide bonds. The third-order valence-corrected chi connectivity index (χ3v) is 4.54. The fraction of sp³-hybridized carbons (Fsp3) is 0.357. The Balaban J connectivity index is 1.89. The van der Waals surface area contributed by atoms with Crippen LogP contribution >= 0.6 is 11.3 Å². The predicted molar refractivity (Wildman–Crippen MR) is 76.8 cm³/mol. The van der Waals surface area contributed by atoms with E-state index in [0.29, 0.717) is 5.69 Å². The summed E-state index contributed by atoms with van der Waals surface area (Å²) in [5.74, 6) is -0.100. The molecule has 20 heavy (non-hydrogen) atoms. The number of thiophene rings is 1. The minimum Gasteiger partial charge on any atom is -0.329 e. The number of carbonyl (C=O) groups is 1. The van der Waals surface area contributed by atoms with E-state index in [1.54, 1.807) is 18.4 Å². The molecule has 6 heteroatoms. The van der Waals surface area contributed by atoms with Gasteiger partial charge in [-0.1, -0.05) is 6.07 Å². The van der Waals surface area contributed by atoms with Gasteiger partial charge in [-0.05, 0) is 30.4 Å². The standard InChI is InChI=1S/C14H15N3O2S/c1-16-13(18)7-6-10(15-16)14(19)17-8-2-4-11(17)12-5-3-9-20-12/h3,5-7,9,11H,2,4,8H2,1H3. The maximum atomic E-state index is 12.6. The summed E-state index contributed by atoms with van der Waals surface area (Å²) in [5, 5.41) is 6.08. The van der Waals surface area contributed by atoms with Gasteiger partial charge in [0.2, 0.25) is 0 Å². The molecule has 1 saturated heterocycles. The molecule has 0 aromatic carbocycles. The summed E-state index contributed by atoms with van der Waals surface area (Å²) in [6, 6.07) is 7.10. The Labute approximate surface area is 120 Å². The van der Waals surface area contributed by atoms with Gasteiger partial charge in [-0.15, -0.1) is 11.3 Å². The van der Waals surface area contributed by atoms with Gasteiger partial charge < -0.3 is 4.90 Å². The largest absolute Gasteiger partial charge is 0.329 e.